The molecule has 1 rings (SSSR count). The molecule has 2 nitrogen and oxygen atoms in total. The van der Waals surface area contributed by atoms with Gasteiger partial charge >= 0.3 is 0 Å². The van der Waals surface area contributed by atoms with Crippen LogP contribution in [0.5, 0.6) is 0 Å². The maximum absolute atomic E-state index is 5.06. The summed E-state index contributed by atoms with van der Waals surface area (Å²) < 4.78 is 10.1. The quantitative estimate of drug-likeness (QED) is 0.446. The monoisotopic (exact) mass is 126 g/mol. The van der Waals surface area contributed by atoms with E-state index in [1.807, 2.05) is 6.92 Å². The Hall–Kier alpha value is -0.520. The van der Waals surface area contributed by atoms with Gasteiger partial charge in [0.1, 0.15) is 0 Å². The average molecular weight is 126 g/mol. The van der Waals surface area contributed by atoms with Crippen LogP contribution in [0.2, 0.25) is 0 Å². The summed E-state index contributed by atoms with van der Waals surface area (Å²) in [6.45, 7) is 3.37. The van der Waals surface area contributed by atoms with Crippen LogP contribution in [0.1, 0.15) is 13.3 Å². The van der Waals surface area contributed by atoms with Crippen molar-refractivity contribution in [2.75, 3.05) is 13.2 Å². The minimum Gasteiger partial charge on any atom is -0.340 e. The summed E-state index contributed by atoms with van der Waals surface area (Å²) in [7, 11) is 0. The third-order valence-electron chi connectivity index (χ3n) is 1.02. The van der Waals surface area contributed by atoms with Crippen molar-refractivity contribution in [3.63, 3.8) is 0 Å². The fourth-order valence-corrected chi connectivity index (χ4v) is 0.627. The zero-order chi connectivity index (χ0) is 6.53. The van der Waals surface area contributed by atoms with Gasteiger partial charge < -0.3 is 9.47 Å². The molecule has 0 bridgehead atoms. The van der Waals surface area contributed by atoms with Crippen LogP contribution >= 0.6 is 0 Å². The van der Waals surface area contributed by atoms with Gasteiger partial charge in [-0.2, -0.15) is 0 Å². The summed E-state index contributed by atoms with van der Waals surface area (Å²) in [6.07, 6.45) is 0.619. The third kappa shape index (κ3) is 2.05. The molecular formula is C7H10O2. The maximum atomic E-state index is 5.06. The molecule has 0 aromatic carbocycles. The van der Waals surface area contributed by atoms with Gasteiger partial charge in [-0.05, 0) is 5.92 Å². The Morgan fingerprint density at radius 1 is 1.44 bits per heavy atom. The van der Waals surface area contributed by atoms with E-state index in [0.717, 1.165) is 6.42 Å². The predicted octanol–water partition coefficient (Wildman–Crippen LogP) is 0.773. The molecule has 0 saturated carbocycles. The van der Waals surface area contributed by atoms with E-state index in [-0.39, 0.29) is 6.29 Å². The number of hydrogen-bond acceptors (Lipinski definition) is 2. The van der Waals surface area contributed by atoms with Crippen molar-refractivity contribution in [2.45, 2.75) is 19.6 Å². The van der Waals surface area contributed by atoms with Crippen molar-refractivity contribution in [3.8, 4) is 11.8 Å². The highest BCUT2D eigenvalue weighted by Gasteiger charge is 2.11. The van der Waals surface area contributed by atoms with Crippen LogP contribution in [-0.4, -0.2) is 19.5 Å². The molecule has 0 aromatic rings. The molecule has 0 aromatic heterocycles. The summed E-state index contributed by atoms with van der Waals surface area (Å²) in [4.78, 5) is 0. The number of rotatable bonds is 0. The first kappa shape index (κ1) is 6.60. The Labute approximate surface area is 55.1 Å². The van der Waals surface area contributed by atoms with E-state index in [1.54, 1.807) is 0 Å². The molecule has 1 saturated heterocycles. The minimum absolute atomic E-state index is 0.245. The molecule has 9 heavy (non-hydrogen) atoms. The van der Waals surface area contributed by atoms with Gasteiger partial charge in [0.2, 0.25) is 6.29 Å². The molecule has 1 aliphatic rings. The third-order valence-corrected chi connectivity index (χ3v) is 1.02. The van der Waals surface area contributed by atoms with Crippen LogP contribution in [-0.2, 0) is 9.47 Å². The minimum atomic E-state index is -0.245. The van der Waals surface area contributed by atoms with Crippen LogP contribution in [0.4, 0.5) is 0 Å². The van der Waals surface area contributed by atoms with E-state index in [9.17, 15) is 0 Å². The molecule has 50 valence electrons. The first-order valence-corrected chi connectivity index (χ1v) is 3.15. The van der Waals surface area contributed by atoms with Crippen LogP contribution in [0.15, 0.2) is 0 Å². The van der Waals surface area contributed by atoms with Crippen molar-refractivity contribution in [3.05, 3.63) is 0 Å². The van der Waals surface area contributed by atoms with Gasteiger partial charge in [0, 0.05) is 6.42 Å². The van der Waals surface area contributed by atoms with Gasteiger partial charge in [0.05, 0.1) is 13.2 Å². The van der Waals surface area contributed by atoms with E-state index >= 15 is 0 Å². The lowest BCUT2D eigenvalue weighted by Crippen LogP contribution is -2.02. The molecule has 0 radical (unpaired) electrons. The average Bonchev–Trinajstić information content (AvgIpc) is 2.34. The van der Waals surface area contributed by atoms with Gasteiger partial charge in [0.25, 0.3) is 0 Å². The normalized spacial score (nSPS) is 19.2. The molecule has 0 amide bonds. The summed E-state index contributed by atoms with van der Waals surface area (Å²) >= 11 is 0. The van der Waals surface area contributed by atoms with Gasteiger partial charge in [-0.25, -0.2) is 0 Å². The molecule has 0 aliphatic carbocycles. The van der Waals surface area contributed by atoms with Crippen LogP contribution in [0.3, 0.4) is 0 Å². The van der Waals surface area contributed by atoms with Crippen molar-refractivity contribution in [1.29, 1.82) is 0 Å². The second kappa shape index (κ2) is 3.49. The maximum Gasteiger partial charge on any atom is 0.222 e. The molecular weight excluding hydrogens is 116 g/mol. The van der Waals surface area contributed by atoms with Crippen molar-refractivity contribution >= 4 is 0 Å². The SMILES string of the molecule is CCC#CC1OCCO1. The van der Waals surface area contributed by atoms with Crippen molar-refractivity contribution < 1.29 is 9.47 Å². The highest BCUT2D eigenvalue weighted by Crippen LogP contribution is 2.00. The molecule has 1 heterocycles. The van der Waals surface area contributed by atoms with Gasteiger partial charge in [-0.3, -0.25) is 0 Å². The zero-order valence-corrected chi connectivity index (χ0v) is 5.52. The van der Waals surface area contributed by atoms with E-state index in [1.165, 1.54) is 0 Å². The van der Waals surface area contributed by atoms with Gasteiger partial charge in [0.15, 0.2) is 0 Å². The van der Waals surface area contributed by atoms with Gasteiger partial charge in [-0.1, -0.05) is 12.8 Å². The fourth-order valence-electron chi connectivity index (χ4n) is 0.627. The topological polar surface area (TPSA) is 18.5 Å². The summed E-state index contributed by atoms with van der Waals surface area (Å²) in [5.41, 5.74) is 0. The Bertz CT molecular complexity index is 126. The van der Waals surface area contributed by atoms with Crippen LogP contribution in [0, 0.1) is 11.8 Å². The van der Waals surface area contributed by atoms with E-state index in [0.29, 0.717) is 13.2 Å². The van der Waals surface area contributed by atoms with Crippen LogP contribution in [0.25, 0.3) is 0 Å². The van der Waals surface area contributed by atoms with Crippen molar-refractivity contribution in [2.24, 2.45) is 0 Å². The van der Waals surface area contributed by atoms with Gasteiger partial charge in [-0.15, -0.1) is 0 Å². The smallest absolute Gasteiger partial charge is 0.222 e. The molecule has 0 unspecified atom stereocenters. The summed E-state index contributed by atoms with van der Waals surface area (Å²) in [5, 5.41) is 0. The second-order valence-electron chi connectivity index (χ2n) is 1.75. The highest BCUT2D eigenvalue weighted by atomic mass is 16.7. The number of ether oxygens (including phenoxy) is 2. The lowest BCUT2D eigenvalue weighted by atomic mass is 10.5. The zero-order valence-electron chi connectivity index (χ0n) is 5.52. The van der Waals surface area contributed by atoms with Crippen molar-refractivity contribution in [1.82, 2.24) is 0 Å². The first-order valence-electron chi connectivity index (χ1n) is 3.15. The molecule has 1 aliphatic heterocycles. The predicted molar refractivity (Wildman–Crippen MR) is 33.8 cm³/mol. The fraction of sp³-hybridized carbons (Fsp3) is 0.714. The standard InChI is InChI=1S/C7H10O2/c1-2-3-4-7-8-5-6-9-7/h7H,2,5-6H2,1H3. The largest absolute Gasteiger partial charge is 0.340 e. The molecule has 0 atom stereocenters. The Balaban J connectivity index is 2.26. The Morgan fingerprint density at radius 2 is 2.11 bits per heavy atom. The lowest BCUT2D eigenvalue weighted by molar-refractivity contribution is 0.00639. The van der Waals surface area contributed by atoms with E-state index < -0.39 is 0 Å². The molecule has 0 N–H and O–H groups in total. The highest BCUT2D eigenvalue weighted by molar-refractivity contribution is 5.01. The first-order chi connectivity index (χ1) is 4.43. The van der Waals surface area contributed by atoms with E-state index in [2.05, 4.69) is 11.8 Å². The second-order valence-corrected chi connectivity index (χ2v) is 1.75. The molecule has 0 spiro atoms. The summed E-state index contributed by atoms with van der Waals surface area (Å²) in [6, 6.07) is 0. The summed E-state index contributed by atoms with van der Waals surface area (Å²) in [5.74, 6) is 5.73. The molecule has 2 heteroatoms. The van der Waals surface area contributed by atoms with E-state index in [4.69, 9.17) is 9.47 Å². The number of hydrogen-bond donors (Lipinski definition) is 0. The lowest BCUT2D eigenvalue weighted by Gasteiger charge is -1.95. The Morgan fingerprint density at radius 3 is 2.67 bits per heavy atom. The van der Waals surface area contributed by atoms with Crippen LogP contribution < -0.4 is 0 Å². The Kier molecular flexibility index (Phi) is 2.56. The molecule has 1 fully saturated rings.